The van der Waals surface area contributed by atoms with E-state index in [1.807, 2.05) is 19.3 Å². The van der Waals surface area contributed by atoms with Gasteiger partial charge in [-0.25, -0.2) is 4.68 Å². The Morgan fingerprint density at radius 1 is 1.64 bits per heavy atom. The lowest BCUT2D eigenvalue weighted by molar-refractivity contribution is 0.654. The van der Waals surface area contributed by atoms with E-state index in [4.69, 9.17) is 11.6 Å². The van der Waals surface area contributed by atoms with Crippen LogP contribution in [0.3, 0.4) is 0 Å². The van der Waals surface area contributed by atoms with E-state index in [2.05, 4.69) is 15.3 Å². The number of rotatable bonds is 3. The van der Waals surface area contributed by atoms with Crippen molar-refractivity contribution < 1.29 is 0 Å². The van der Waals surface area contributed by atoms with Crippen LogP contribution in [0.25, 0.3) is 0 Å². The van der Waals surface area contributed by atoms with Gasteiger partial charge in [0.2, 0.25) is 0 Å². The molecule has 2 aromatic rings. The third-order valence-electron chi connectivity index (χ3n) is 1.77. The Bertz CT molecular complexity index is 395. The minimum absolute atomic E-state index is 0.0924. The number of hydrogen-bond acceptors (Lipinski definition) is 4. The summed E-state index contributed by atoms with van der Waals surface area (Å²) in [5.74, 6) is 0. The summed E-state index contributed by atoms with van der Waals surface area (Å²) < 4.78 is 1.77. The fraction of sp³-hybridized carbons (Fsp3) is 0.375. The molecule has 0 aliphatic carbocycles. The molecule has 0 aromatic carbocycles. The quantitative estimate of drug-likeness (QED) is 0.756. The third kappa shape index (κ3) is 2.10. The number of thiazole rings is 1. The van der Waals surface area contributed by atoms with Gasteiger partial charge in [0.15, 0.2) is 0 Å². The molecule has 0 saturated carbocycles. The van der Waals surface area contributed by atoms with Gasteiger partial charge < -0.3 is 0 Å². The highest BCUT2D eigenvalue weighted by atomic mass is 35.5. The summed E-state index contributed by atoms with van der Waals surface area (Å²) in [6, 6.07) is 0. The van der Waals surface area contributed by atoms with Crippen molar-refractivity contribution >= 4 is 22.9 Å². The van der Waals surface area contributed by atoms with Gasteiger partial charge in [0.25, 0.3) is 0 Å². The highest BCUT2D eigenvalue weighted by molar-refractivity contribution is 7.09. The molecule has 0 saturated heterocycles. The van der Waals surface area contributed by atoms with Crippen LogP contribution in [-0.4, -0.2) is 20.0 Å². The molecule has 0 N–H and O–H groups in total. The molecule has 0 radical (unpaired) electrons. The smallest absolute Gasteiger partial charge is 0.100 e. The zero-order valence-corrected chi connectivity index (χ0v) is 9.16. The molecule has 74 valence electrons. The molecule has 2 rings (SSSR count). The van der Waals surface area contributed by atoms with Gasteiger partial charge in [-0.15, -0.1) is 28.0 Å². The van der Waals surface area contributed by atoms with Crippen molar-refractivity contribution in [2.75, 3.05) is 0 Å². The Kier molecular flexibility index (Phi) is 2.79. The van der Waals surface area contributed by atoms with Crippen LogP contribution in [0, 0.1) is 0 Å². The summed E-state index contributed by atoms with van der Waals surface area (Å²) in [6.45, 7) is 2.59. The molecule has 2 heterocycles. The average molecular weight is 229 g/mol. The van der Waals surface area contributed by atoms with Gasteiger partial charge in [-0.05, 0) is 6.92 Å². The molecule has 0 spiro atoms. The number of hydrogen-bond donors (Lipinski definition) is 0. The summed E-state index contributed by atoms with van der Waals surface area (Å²) in [5, 5.41) is 7.84. The standard InChI is InChI=1S/C8H9ClN4S/c1-6(9)8-4-13(12-11-8)3-7-2-10-5-14-7/h2,4-6H,3H2,1H3. The van der Waals surface area contributed by atoms with Crippen LogP contribution in [0.2, 0.25) is 0 Å². The van der Waals surface area contributed by atoms with Crippen LogP contribution in [0.4, 0.5) is 0 Å². The summed E-state index contributed by atoms with van der Waals surface area (Å²) >= 11 is 7.48. The van der Waals surface area contributed by atoms with Crippen molar-refractivity contribution in [1.29, 1.82) is 0 Å². The Hall–Kier alpha value is -0.940. The molecular weight excluding hydrogens is 220 g/mol. The molecule has 0 fully saturated rings. The number of alkyl halides is 1. The third-order valence-corrected chi connectivity index (χ3v) is 2.75. The Labute approximate surface area is 90.5 Å². The van der Waals surface area contributed by atoms with Crippen molar-refractivity contribution in [2.24, 2.45) is 0 Å². The summed E-state index contributed by atoms with van der Waals surface area (Å²) in [7, 11) is 0. The maximum atomic E-state index is 5.87. The number of aromatic nitrogens is 4. The minimum atomic E-state index is -0.0924. The molecule has 0 aliphatic heterocycles. The lowest BCUT2D eigenvalue weighted by Crippen LogP contribution is -1.98. The van der Waals surface area contributed by atoms with Gasteiger partial charge in [-0.2, -0.15) is 0 Å². The fourth-order valence-electron chi connectivity index (χ4n) is 1.05. The number of nitrogens with zero attached hydrogens (tertiary/aromatic N) is 4. The second-order valence-electron chi connectivity index (χ2n) is 2.92. The maximum Gasteiger partial charge on any atom is 0.100 e. The second kappa shape index (κ2) is 4.06. The van der Waals surface area contributed by atoms with Gasteiger partial charge >= 0.3 is 0 Å². The molecule has 6 heteroatoms. The molecule has 0 aliphatic rings. The van der Waals surface area contributed by atoms with E-state index < -0.39 is 0 Å². The van der Waals surface area contributed by atoms with E-state index in [1.165, 1.54) is 0 Å². The Balaban J connectivity index is 2.11. The molecular formula is C8H9ClN4S. The van der Waals surface area contributed by atoms with Crippen LogP contribution in [-0.2, 0) is 6.54 Å². The zero-order chi connectivity index (χ0) is 9.97. The summed E-state index contributed by atoms with van der Waals surface area (Å²) in [5.41, 5.74) is 2.60. The fourth-order valence-corrected chi connectivity index (χ4v) is 1.74. The van der Waals surface area contributed by atoms with Crippen LogP contribution < -0.4 is 0 Å². The first-order chi connectivity index (χ1) is 6.75. The first kappa shape index (κ1) is 9.61. The highest BCUT2D eigenvalue weighted by Gasteiger charge is 2.06. The maximum absolute atomic E-state index is 5.87. The molecule has 1 atom stereocenters. The summed E-state index contributed by atoms with van der Waals surface area (Å²) in [6.07, 6.45) is 3.69. The first-order valence-corrected chi connectivity index (χ1v) is 5.49. The van der Waals surface area contributed by atoms with Crippen molar-refractivity contribution in [1.82, 2.24) is 20.0 Å². The largest absolute Gasteiger partial charge is 0.253 e. The minimum Gasteiger partial charge on any atom is -0.253 e. The second-order valence-corrected chi connectivity index (χ2v) is 4.55. The van der Waals surface area contributed by atoms with Crippen molar-refractivity contribution in [3.63, 3.8) is 0 Å². The molecule has 0 amide bonds. The van der Waals surface area contributed by atoms with Gasteiger partial charge in [-0.1, -0.05) is 5.21 Å². The van der Waals surface area contributed by atoms with Crippen LogP contribution in [0.1, 0.15) is 22.9 Å². The predicted octanol–water partition coefficient (Wildman–Crippen LogP) is 2.08. The monoisotopic (exact) mass is 228 g/mol. The molecule has 2 aromatic heterocycles. The molecule has 1 unspecified atom stereocenters. The van der Waals surface area contributed by atoms with Crippen LogP contribution in [0.15, 0.2) is 17.9 Å². The zero-order valence-electron chi connectivity index (χ0n) is 7.59. The van der Waals surface area contributed by atoms with Crippen LogP contribution >= 0.6 is 22.9 Å². The van der Waals surface area contributed by atoms with Crippen LogP contribution in [0.5, 0.6) is 0 Å². The summed E-state index contributed by atoms with van der Waals surface area (Å²) in [4.78, 5) is 5.15. The van der Waals surface area contributed by atoms with Gasteiger partial charge in [-0.3, -0.25) is 4.98 Å². The van der Waals surface area contributed by atoms with E-state index in [-0.39, 0.29) is 5.38 Å². The highest BCUT2D eigenvalue weighted by Crippen LogP contribution is 2.16. The van der Waals surface area contributed by atoms with Crippen molar-refractivity contribution in [3.05, 3.63) is 28.5 Å². The normalized spacial score (nSPS) is 13.0. The SMILES string of the molecule is CC(Cl)c1cn(Cc2cncs2)nn1. The molecule has 4 nitrogen and oxygen atoms in total. The van der Waals surface area contributed by atoms with E-state index in [1.54, 1.807) is 21.5 Å². The number of halogens is 1. The van der Waals surface area contributed by atoms with E-state index in [0.29, 0.717) is 6.54 Å². The average Bonchev–Trinajstić information content (AvgIpc) is 2.75. The van der Waals surface area contributed by atoms with E-state index >= 15 is 0 Å². The van der Waals surface area contributed by atoms with Gasteiger partial charge in [0, 0.05) is 11.1 Å². The molecule has 14 heavy (non-hydrogen) atoms. The predicted molar refractivity (Wildman–Crippen MR) is 55.5 cm³/mol. The van der Waals surface area contributed by atoms with E-state index in [0.717, 1.165) is 10.6 Å². The Morgan fingerprint density at radius 3 is 3.07 bits per heavy atom. The topological polar surface area (TPSA) is 43.6 Å². The first-order valence-electron chi connectivity index (χ1n) is 4.17. The van der Waals surface area contributed by atoms with Gasteiger partial charge in [0.05, 0.1) is 23.6 Å². The van der Waals surface area contributed by atoms with E-state index in [9.17, 15) is 0 Å². The van der Waals surface area contributed by atoms with Crippen molar-refractivity contribution in [3.8, 4) is 0 Å². The lowest BCUT2D eigenvalue weighted by atomic mass is 10.4. The molecule has 0 bridgehead atoms. The Morgan fingerprint density at radius 2 is 2.50 bits per heavy atom. The van der Waals surface area contributed by atoms with Crippen molar-refractivity contribution in [2.45, 2.75) is 18.8 Å². The van der Waals surface area contributed by atoms with Gasteiger partial charge in [0.1, 0.15) is 5.69 Å². The lowest BCUT2D eigenvalue weighted by Gasteiger charge is -1.95.